The minimum Gasteiger partial charge on any atom is -0.0587 e. The normalized spacial score (nSPS) is 19.2. The van der Waals surface area contributed by atoms with E-state index in [1.807, 2.05) is 0 Å². The fourth-order valence-electron chi connectivity index (χ4n) is 3.27. The van der Waals surface area contributed by atoms with Crippen molar-refractivity contribution in [2.45, 2.75) is 51.9 Å². The monoisotopic (exact) mass is 238 g/mol. The lowest BCUT2D eigenvalue weighted by Crippen LogP contribution is -2.07. The second-order valence-corrected chi connectivity index (χ2v) is 6.06. The van der Waals surface area contributed by atoms with E-state index in [-0.39, 0.29) is 0 Å². The largest absolute Gasteiger partial charge is 0.0587 e. The van der Waals surface area contributed by atoms with Crippen LogP contribution in [0.5, 0.6) is 0 Å². The van der Waals surface area contributed by atoms with Gasteiger partial charge < -0.3 is 0 Å². The molecule has 0 amide bonds. The van der Waals surface area contributed by atoms with Crippen LogP contribution in [0.1, 0.15) is 62.1 Å². The van der Waals surface area contributed by atoms with Gasteiger partial charge in [-0.15, -0.1) is 0 Å². The van der Waals surface area contributed by atoms with Gasteiger partial charge in [0.05, 0.1) is 0 Å². The van der Waals surface area contributed by atoms with E-state index >= 15 is 0 Å². The van der Waals surface area contributed by atoms with Crippen molar-refractivity contribution in [3.63, 3.8) is 0 Å². The first-order valence-electron chi connectivity index (χ1n) is 7.22. The Morgan fingerprint density at radius 3 is 2.72 bits per heavy atom. The average molecular weight is 238 g/mol. The smallest absolute Gasteiger partial charge is 0.0149 e. The highest BCUT2D eigenvalue weighted by atomic mass is 14.2. The van der Waals surface area contributed by atoms with Crippen molar-refractivity contribution in [1.82, 2.24) is 0 Å². The summed E-state index contributed by atoms with van der Waals surface area (Å²) in [5.41, 5.74) is 4.65. The SMILES string of the molecule is CC(C)c1ccc2c3c(ccc2c1)C(C)CCC3. The molecule has 2 aromatic carbocycles. The van der Waals surface area contributed by atoms with Crippen LogP contribution in [0.3, 0.4) is 0 Å². The maximum Gasteiger partial charge on any atom is -0.0149 e. The molecule has 0 saturated heterocycles. The molecule has 0 aromatic heterocycles. The van der Waals surface area contributed by atoms with Gasteiger partial charge in [-0.05, 0) is 58.6 Å². The zero-order chi connectivity index (χ0) is 12.7. The van der Waals surface area contributed by atoms with Crippen LogP contribution < -0.4 is 0 Å². The first kappa shape index (κ1) is 11.8. The summed E-state index contributed by atoms with van der Waals surface area (Å²) in [6, 6.07) is 11.7. The zero-order valence-corrected chi connectivity index (χ0v) is 11.7. The average Bonchev–Trinajstić information content (AvgIpc) is 2.38. The lowest BCUT2D eigenvalue weighted by atomic mass is 9.81. The highest BCUT2D eigenvalue weighted by Crippen LogP contribution is 2.36. The summed E-state index contributed by atoms with van der Waals surface area (Å²) in [7, 11) is 0. The second-order valence-electron chi connectivity index (χ2n) is 6.06. The third kappa shape index (κ3) is 1.84. The van der Waals surface area contributed by atoms with E-state index in [1.54, 1.807) is 11.1 Å². The molecular formula is C18H22. The molecule has 0 bridgehead atoms. The number of aryl methyl sites for hydroxylation is 1. The van der Waals surface area contributed by atoms with E-state index in [9.17, 15) is 0 Å². The molecule has 0 nitrogen and oxygen atoms in total. The summed E-state index contributed by atoms with van der Waals surface area (Å²) >= 11 is 0. The summed E-state index contributed by atoms with van der Waals surface area (Å²) in [5.74, 6) is 1.35. The number of benzene rings is 2. The topological polar surface area (TPSA) is 0 Å². The van der Waals surface area contributed by atoms with Gasteiger partial charge in [0.1, 0.15) is 0 Å². The Morgan fingerprint density at radius 1 is 1.11 bits per heavy atom. The van der Waals surface area contributed by atoms with Gasteiger partial charge in [-0.25, -0.2) is 0 Å². The number of fused-ring (bicyclic) bond motifs is 3. The van der Waals surface area contributed by atoms with Gasteiger partial charge in [0.2, 0.25) is 0 Å². The number of hydrogen-bond acceptors (Lipinski definition) is 0. The lowest BCUT2D eigenvalue weighted by Gasteiger charge is -2.24. The molecule has 0 N–H and O–H groups in total. The van der Waals surface area contributed by atoms with Crippen molar-refractivity contribution in [3.05, 3.63) is 47.0 Å². The molecule has 1 unspecified atom stereocenters. The highest BCUT2D eigenvalue weighted by Gasteiger charge is 2.18. The summed E-state index contributed by atoms with van der Waals surface area (Å²) in [6.07, 6.45) is 3.96. The Morgan fingerprint density at radius 2 is 1.94 bits per heavy atom. The second kappa shape index (κ2) is 4.42. The van der Waals surface area contributed by atoms with Gasteiger partial charge in [-0.1, -0.05) is 51.1 Å². The molecule has 2 aromatic rings. The molecule has 94 valence electrons. The predicted molar refractivity (Wildman–Crippen MR) is 79.4 cm³/mol. The molecule has 0 heterocycles. The Bertz CT molecular complexity index is 578. The Balaban J connectivity index is 2.21. The molecule has 0 heteroatoms. The molecular weight excluding hydrogens is 216 g/mol. The van der Waals surface area contributed by atoms with Crippen LogP contribution in [-0.2, 0) is 6.42 Å². The van der Waals surface area contributed by atoms with Crippen LogP contribution in [0.15, 0.2) is 30.3 Å². The molecule has 18 heavy (non-hydrogen) atoms. The van der Waals surface area contributed by atoms with Crippen LogP contribution >= 0.6 is 0 Å². The van der Waals surface area contributed by atoms with Crippen LogP contribution in [0.25, 0.3) is 10.8 Å². The van der Waals surface area contributed by atoms with E-state index in [0.29, 0.717) is 5.92 Å². The van der Waals surface area contributed by atoms with Crippen molar-refractivity contribution < 1.29 is 0 Å². The lowest BCUT2D eigenvalue weighted by molar-refractivity contribution is 0.593. The van der Waals surface area contributed by atoms with Gasteiger partial charge in [-0.2, -0.15) is 0 Å². The fourth-order valence-corrected chi connectivity index (χ4v) is 3.27. The summed E-state index contributed by atoms with van der Waals surface area (Å²) in [5, 5.41) is 2.91. The molecule has 0 fully saturated rings. The molecule has 3 rings (SSSR count). The Hall–Kier alpha value is -1.30. The van der Waals surface area contributed by atoms with E-state index < -0.39 is 0 Å². The third-order valence-electron chi connectivity index (χ3n) is 4.45. The van der Waals surface area contributed by atoms with Gasteiger partial charge in [0.25, 0.3) is 0 Å². The molecule has 0 saturated carbocycles. The maximum absolute atomic E-state index is 2.37. The summed E-state index contributed by atoms with van der Waals surface area (Å²) in [4.78, 5) is 0. The molecule has 1 aliphatic rings. The summed E-state index contributed by atoms with van der Waals surface area (Å²) in [6.45, 7) is 6.90. The molecule has 0 spiro atoms. The standard InChI is InChI=1S/C18H22/c1-12(2)14-7-10-17-15(11-14)8-9-16-13(3)5-4-6-18(16)17/h7-13H,4-6H2,1-3H3. The van der Waals surface area contributed by atoms with Crippen LogP contribution in [0.2, 0.25) is 0 Å². The van der Waals surface area contributed by atoms with Crippen molar-refractivity contribution >= 4 is 10.8 Å². The van der Waals surface area contributed by atoms with E-state index in [0.717, 1.165) is 5.92 Å². The zero-order valence-electron chi connectivity index (χ0n) is 11.7. The van der Waals surface area contributed by atoms with Gasteiger partial charge in [0.15, 0.2) is 0 Å². The molecule has 1 atom stereocenters. The van der Waals surface area contributed by atoms with Crippen molar-refractivity contribution in [2.24, 2.45) is 0 Å². The highest BCUT2D eigenvalue weighted by molar-refractivity contribution is 5.88. The van der Waals surface area contributed by atoms with Crippen LogP contribution in [0.4, 0.5) is 0 Å². The third-order valence-corrected chi connectivity index (χ3v) is 4.45. The van der Waals surface area contributed by atoms with Gasteiger partial charge in [0, 0.05) is 0 Å². The summed E-state index contributed by atoms with van der Waals surface area (Å²) < 4.78 is 0. The van der Waals surface area contributed by atoms with Crippen LogP contribution in [0, 0.1) is 0 Å². The van der Waals surface area contributed by atoms with E-state index in [4.69, 9.17) is 0 Å². The first-order chi connectivity index (χ1) is 8.66. The quantitative estimate of drug-likeness (QED) is 0.623. The van der Waals surface area contributed by atoms with Crippen LogP contribution in [-0.4, -0.2) is 0 Å². The van der Waals surface area contributed by atoms with Crippen molar-refractivity contribution in [1.29, 1.82) is 0 Å². The van der Waals surface area contributed by atoms with E-state index in [1.165, 1.54) is 35.6 Å². The number of hydrogen-bond donors (Lipinski definition) is 0. The molecule has 1 aliphatic carbocycles. The fraction of sp³-hybridized carbons (Fsp3) is 0.444. The maximum atomic E-state index is 2.37. The van der Waals surface area contributed by atoms with Crippen molar-refractivity contribution in [3.8, 4) is 0 Å². The molecule has 0 aliphatic heterocycles. The van der Waals surface area contributed by atoms with E-state index in [2.05, 4.69) is 51.1 Å². The predicted octanol–water partition coefficient (Wildman–Crippen LogP) is 5.40. The Labute approximate surface area is 110 Å². The minimum absolute atomic E-state index is 0.615. The minimum atomic E-state index is 0.615. The Kier molecular flexibility index (Phi) is 2.89. The number of rotatable bonds is 1. The van der Waals surface area contributed by atoms with Gasteiger partial charge >= 0.3 is 0 Å². The molecule has 0 radical (unpaired) electrons. The van der Waals surface area contributed by atoms with Gasteiger partial charge in [-0.3, -0.25) is 0 Å². The van der Waals surface area contributed by atoms with Crippen molar-refractivity contribution in [2.75, 3.05) is 0 Å². The first-order valence-corrected chi connectivity index (χ1v) is 7.22.